The van der Waals surface area contributed by atoms with Crippen LogP contribution in [0, 0.1) is 0 Å². The highest BCUT2D eigenvalue weighted by Gasteiger charge is 2.22. The maximum Gasteiger partial charge on any atom is 0.255 e. The smallest absolute Gasteiger partial charge is 0.255 e. The number of pyridine rings is 1. The number of hydrogen-bond acceptors (Lipinski definition) is 3. The third-order valence-electron chi connectivity index (χ3n) is 4.52. The summed E-state index contributed by atoms with van der Waals surface area (Å²) in [5.74, 6) is 0. The average molecular weight is 334 g/mol. The van der Waals surface area contributed by atoms with E-state index in [9.17, 15) is 4.79 Å². The molecule has 0 saturated heterocycles. The number of nitrogens with one attached hydrogen (secondary N) is 3. The Hall–Kier alpha value is -1.52. The van der Waals surface area contributed by atoms with Crippen LogP contribution in [-0.4, -0.2) is 23.1 Å². The van der Waals surface area contributed by atoms with Crippen LogP contribution in [0.1, 0.15) is 39.5 Å². The minimum atomic E-state index is -0.101. The topological polar surface area (TPSA) is 56.9 Å². The lowest BCUT2D eigenvalue weighted by molar-refractivity contribution is 0.336. The van der Waals surface area contributed by atoms with E-state index >= 15 is 0 Å². The maximum absolute atomic E-state index is 11.8. The largest absolute Gasteiger partial charge is 0.381 e. The quantitative estimate of drug-likeness (QED) is 0.795. The summed E-state index contributed by atoms with van der Waals surface area (Å²) in [6, 6.07) is 7.24. The number of aromatic amines is 1. The van der Waals surface area contributed by atoms with Gasteiger partial charge in [-0.05, 0) is 49.3 Å². The van der Waals surface area contributed by atoms with E-state index in [2.05, 4.69) is 29.5 Å². The number of anilines is 1. The molecular formula is C18H24ClN3O. The fraction of sp³-hybridized carbons (Fsp3) is 0.500. The van der Waals surface area contributed by atoms with E-state index in [0.717, 1.165) is 23.9 Å². The highest BCUT2D eigenvalue weighted by molar-refractivity contribution is 6.34. The molecule has 1 fully saturated rings. The molecule has 0 bridgehead atoms. The average Bonchev–Trinajstić information content (AvgIpc) is 2.50. The molecule has 1 aliphatic rings. The van der Waals surface area contributed by atoms with Crippen LogP contribution in [-0.2, 0) is 0 Å². The summed E-state index contributed by atoms with van der Waals surface area (Å²) in [6.45, 7) is 4.39. The first-order valence-corrected chi connectivity index (χ1v) is 8.74. The van der Waals surface area contributed by atoms with Crippen LogP contribution >= 0.6 is 11.6 Å². The zero-order chi connectivity index (χ0) is 16.4. The van der Waals surface area contributed by atoms with Crippen molar-refractivity contribution in [1.82, 2.24) is 10.3 Å². The number of aromatic nitrogens is 1. The van der Waals surface area contributed by atoms with Crippen molar-refractivity contribution in [1.29, 1.82) is 0 Å². The third-order valence-corrected chi connectivity index (χ3v) is 4.83. The fourth-order valence-corrected chi connectivity index (χ4v) is 3.63. The number of fused-ring (bicyclic) bond motifs is 1. The Bertz CT molecular complexity index is 733. The van der Waals surface area contributed by atoms with Crippen LogP contribution < -0.4 is 16.2 Å². The van der Waals surface area contributed by atoms with Crippen molar-refractivity contribution in [2.24, 2.45) is 0 Å². The van der Waals surface area contributed by atoms with Gasteiger partial charge in [-0.15, -0.1) is 0 Å². The number of benzene rings is 1. The standard InChI is InChI=1S/C18H24ClN3O/c1-11(2)21-13-3-5-14(6-4-13)22-17-9-12-7-8-20-18(23)15(12)10-16(17)19/h7-11,13-14,21-22H,3-6H2,1-2H3,(H,20,23). The summed E-state index contributed by atoms with van der Waals surface area (Å²) >= 11 is 6.36. The van der Waals surface area contributed by atoms with Gasteiger partial charge in [0.15, 0.2) is 0 Å². The van der Waals surface area contributed by atoms with Crippen LogP contribution in [0.4, 0.5) is 5.69 Å². The Morgan fingerprint density at radius 3 is 2.57 bits per heavy atom. The van der Waals surface area contributed by atoms with Crippen molar-refractivity contribution in [2.75, 3.05) is 5.32 Å². The first-order chi connectivity index (χ1) is 11.0. The number of rotatable bonds is 4. The van der Waals surface area contributed by atoms with E-state index in [1.54, 1.807) is 12.3 Å². The van der Waals surface area contributed by atoms with E-state index in [1.165, 1.54) is 12.8 Å². The van der Waals surface area contributed by atoms with Crippen LogP contribution in [0.2, 0.25) is 5.02 Å². The Morgan fingerprint density at radius 2 is 1.87 bits per heavy atom. The van der Waals surface area contributed by atoms with Gasteiger partial charge in [-0.2, -0.15) is 0 Å². The lowest BCUT2D eigenvalue weighted by Crippen LogP contribution is -2.40. The summed E-state index contributed by atoms with van der Waals surface area (Å²) < 4.78 is 0. The molecule has 0 radical (unpaired) electrons. The van der Waals surface area contributed by atoms with Gasteiger partial charge in [0, 0.05) is 29.7 Å². The first kappa shape index (κ1) is 16.3. The molecule has 1 saturated carbocycles. The molecule has 0 unspecified atom stereocenters. The maximum atomic E-state index is 11.8. The van der Waals surface area contributed by atoms with Gasteiger partial charge in [-0.3, -0.25) is 4.79 Å². The molecule has 4 nitrogen and oxygen atoms in total. The van der Waals surface area contributed by atoms with Gasteiger partial charge in [0.2, 0.25) is 0 Å². The molecule has 0 spiro atoms. The summed E-state index contributed by atoms with van der Waals surface area (Å²) in [5.41, 5.74) is 0.821. The zero-order valence-corrected chi connectivity index (χ0v) is 14.4. The summed E-state index contributed by atoms with van der Waals surface area (Å²) in [6.07, 6.45) is 6.30. The first-order valence-electron chi connectivity index (χ1n) is 8.36. The number of H-pyrrole nitrogens is 1. The van der Waals surface area contributed by atoms with Crippen LogP contribution in [0.25, 0.3) is 10.8 Å². The molecule has 1 aromatic heterocycles. The van der Waals surface area contributed by atoms with Gasteiger partial charge in [0.1, 0.15) is 0 Å². The molecule has 3 rings (SSSR count). The SMILES string of the molecule is CC(C)NC1CCC(Nc2cc3cc[nH]c(=O)c3cc2Cl)CC1. The lowest BCUT2D eigenvalue weighted by atomic mass is 9.90. The third kappa shape index (κ3) is 3.88. The van der Waals surface area contributed by atoms with Crippen molar-refractivity contribution in [3.8, 4) is 0 Å². The minimum Gasteiger partial charge on any atom is -0.381 e. The molecule has 3 N–H and O–H groups in total. The van der Waals surface area contributed by atoms with Gasteiger partial charge in [-0.25, -0.2) is 0 Å². The molecule has 124 valence electrons. The van der Waals surface area contributed by atoms with E-state index in [1.807, 2.05) is 12.1 Å². The van der Waals surface area contributed by atoms with E-state index in [-0.39, 0.29) is 5.56 Å². The van der Waals surface area contributed by atoms with E-state index < -0.39 is 0 Å². The van der Waals surface area contributed by atoms with Gasteiger partial charge in [0.05, 0.1) is 10.7 Å². The van der Waals surface area contributed by atoms with Crippen molar-refractivity contribution in [2.45, 2.75) is 57.7 Å². The number of halogens is 1. The van der Waals surface area contributed by atoms with Crippen molar-refractivity contribution < 1.29 is 0 Å². The highest BCUT2D eigenvalue weighted by atomic mass is 35.5. The van der Waals surface area contributed by atoms with E-state index in [0.29, 0.717) is 28.5 Å². The highest BCUT2D eigenvalue weighted by Crippen LogP contribution is 2.30. The monoisotopic (exact) mass is 333 g/mol. The molecular weight excluding hydrogens is 310 g/mol. The summed E-state index contributed by atoms with van der Waals surface area (Å²) in [4.78, 5) is 14.5. The summed E-state index contributed by atoms with van der Waals surface area (Å²) in [7, 11) is 0. The number of hydrogen-bond donors (Lipinski definition) is 3. The van der Waals surface area contributed by atoms with Crippen molar-refractivity contribution in [3.05, 3.63) is 39.8 Å². The van der Waals surface area contributed by atoms with Gasteiger partial charge < -0.3 is 15.6 Å². The molecule has 1 aliphatic carbocycles. The molecule has 0 aliphatic heterocycles. The van der Waals surface area contributed by atoms with Crippen molar-refractivity contribution in [3.63, 3.8) is 0 Å². The Morgan fingerprint density at radius 1 is 1.17 bits per heavy atom. The second-order valence-electron chi connectivity index (χ2n) is 6.74. The van der Waals surface area contributed by atoms with Gasteiger partial charge in [0.25, 0.3) is 5.56 Å². The Labute approximate surface area is 141 Å². The second kappa shape index (κ2) is 6.93. The fourth-order valence-electron chi connectivity index (χ4n) is 3.42. The molecule has 1 aromatic carbocycles. The van der Waals surface area contributed by atoms with Crippen molar-refractivity contribution >= 4 is 28.1 Å². The molecule has 0 amide bonds. The van der Waals surface area contributed by atoms with Crippen LogP contribution in [0.3, 0.4) is 0 Å². The molecule has 23 heavy (non-hydrogen) atoms. The zero-order valence-electron chi connectivity index (χ0n) is 13.7. The predicted molar refractivity (Wildman–Crippen MR) is 97.5 cm³/mol. The van der Waals surface area contributed by atoms with E-state index in [4.69, 9.17) is 11.6 Å². The molecule has 2 aromatic rings. The van der Waals surface area contributed by atoms with Crippen LogP contribution in [0.5, 0.6) is 0 Å². The minimum absolute atomic E-state index is 0.101. The lowest BCUT2D eigenvalue weighted by Gasteiger charge is -2.31. The van der Waals surface area contributed by atoms with Crippen LogP contribution in [0.15, 0.2) is 29.2 Å². The predicted octanol–water partition coefficient (Wildman–Crippen LogP) is 3.90. The summed E-state index contributed by atoms with van der Waals surface area (Å²) in [5, 5.41) is 9.33. The molecule has 0 atom stereocenters. The Kier molecular flexibility index (Phi) is 4.93. The molecule has 5 heteroatoms. The second-order valence-corrected chi connectivity index (χ2v) is 7.15. The normalized spacial score (nSPS) is 21.7. The Balaban J connectivity index is 1.70. The van der Waals surface area contributed by atoms with Gasteiger partial charge in [-0.1, -0.05) is 25.4 Å². The molecule has 1 heterocycles. The van der Waals surface area contributed by atoms with Gasteiger partial charge >= 0.3 is 0 Å².